The summed E-state index contributed by atoms with van der Waals surface area (Å²) >= 11 is 0. The Balaban J connectivity index is 1.63. The summed E-state index contributed by atoms with van der Waals surface area (Å²) in [6.07, 6.45) is 0. The van der Waals surface area contributed by atoms with Crippen molar-refractivity contribution in [1.29, 1.82) is 0 Å². The lowest BCUT2D eigenvalue weighted by Gasteiger charge is -2.36. The van der Waals surface area contributed by atoms with E-state index in [1.165, 1.54) is 12.1 Å². The van der Waals surface area contributed by atoms with Crippen LogP contribution >= 0.6 is 0 Å². The lowest BCUT2D eigenvalue weighted by atomic mass is 10.1. The summed E-state index contributed by atoms with van der Waals surface area (Å²) in [5, 5.41) is 0. The van der Waals surface area contributed by atoms with Crippen LogP contribution in [0.5, 0.6) is 5.75 Å². The number of hydrogen-bond donors (Lipinski definition) is 0. The molecule has 0 bridgehead atoms. The summed E-state index contributed by atoms with van der Waals surface area (Å²) in [5.41, 5.74) is 2.50. The number of nitrogens with zero attached hydrogens (tertiary/aromatic N) is 2. The molecule has 29 heavy (non-hydrogen) atoms. The smallest absolute Gasteiger partial charge is 0.253 e. The van der Waals surface area contributed by atoms with Crippen LogP contribution in [0, 0.1) is 11.7 Å². The van der Waals surface area contributed by atoms with Crippen molar-refractivity contribution in [3.05, 3.63) is 59.4 Å². The molecule has 1 heterocycles. The van der Waals surface area contributed by atoms with Gasteiger partial charge in [-0.2, -0.15) is 0 Å². The number of rotatable bonds is 7. The van der Waals surface area contributed by atoms with Crippen LogP contribution in [0.25, 0.3) is 0 Å². The molecule has 1 saturated heterocycles. The minimum Gasteiger partial charge on any atom is -0.496 e. The molecular formula is C23H29FN2O3. The molecule has 0 atom stereocenters. The highest BCUT2D eigenvalue weighted by Crippen LogP contribution is 2.23. The Kier molecular flexibility index (Phi) is 7.09. The second kappa shape index (κ2) is 9.74. The maximum Gasteiger partial charge on any atom is 0.253 e. The molecule has 1 fully saturated rings. The molecule has 3 rings (SSSR count). The quantitative estimate of drug-likeness (QED) is 0.705. The zero-order valence-corrected chi connectivity index (χ0v) is 17.4. The molecule has 0 spiro atoms. The van der Waals surface area contributed by atoms with Crippen molar-refractivity contribution in [3.8, 4) is 5.75 Å². The molecule has 156 valence electrons. The topological polar surface area (TPSA) is 42.0 Å². The first-order valence-electron chi connectivity index (χ1n) is 10.0. The highest BCUT2D eigenvalue weighted by atomic mass is 19.1. The van der Waals surface area contributed by atoms with Crippen LogP contribution in [-0.4, -0.2) is 50.7 Å². The van der Waals surface area contributed by atoms with E-state index in [2.05, 4.69) is 18.7 Å². The fourth-order valence-corrected chi connectivity index (χ4v) is 3.43. The summed E-state index contributed by atoms with van der Waals surface area (Å²) in [5.74, 6) is 0.946. The van der Waals surface area contributed by atoms with E-state index < -0.39 is 0 Å². The molecule has 2 aromatic carbocycles. The Labute approximate surface area is 172 Å². The molecule has 0 N–H and O–H groups in total. The van der Waals surface area contributed by atoms with Crippen molar-refractivity contribution in [2.24, 2.45) is 5.92 Å². The Hall–Kier alpha value is -2.60. The van der Waals surface area contributed by atoms with Gasteiger partial charge >= 0.3 is 0 Å². The molecule has 0 unspecified atom stereocenters. The van der Waals surface area contributed by atoms with Gasteiger partial charge < -0.3 is 19.3 Å². The van der Waals surface area contributed by atoms with E-state index >= 15 is 0 Å². The predicted molar refractivity (Wildman–Crippen MR) is 112 cm³/mol. The second-order valence-electron chi connectivity index (χ2n) is 7.69. The number of benzene rings is 2. The average molecular weight is 400 g/mol. The van der Waals surface area contributed by atoms with E-state index in [1.807, 2.05) is 17.0 Å². The normalized spacial score (nSPS) is 14.4. The van der Waals surface area contributed by atoms with Gasteiger partial charge in [0.25, 0.3) is 5.91 Å². The van der Waals surface area contributed by atoms with Crippen LogP contribution in [0.15, 0.2) is 42.5 Å². The third-order valence-corrected chi connectivity index (χ3v) is 4.99. The number of carbonyl (C=O) groups is 1. The van der Waals surface area contributed by atoms with E-state index in [1.54, 1.807) is 25.3 Å². The van der Waals surface area contributed by atoms with Gasteiger partial charge in [-0.1, -0.05) is 13.8 Å². The van der Waals surface area contributed by atoms with Crippen molar-refractivity contribution in [1.82, 2.24) is 4.90 Å². The third kappa shape index (κ3) is 5.48. The van der Waals surface area contributed by atoms with Crippen molar-refractivity contribution in [2.75, 3.05) is 44.8 Å². The summed E-state index contributed by atoms with van der Waals surface area (Å²) in [7, 11) is 1.62. The Morgan fingerprint density at radius 3 is 2.38 bits per heavy atom. The van der Waals surface area contributed by atoms with Gasteiger partial charge in [-0.25, -0.2) is 4.39 Å². The lowest BCUT2D eigenvalue weighted by Crippen LogP contribution is -2.48. The van der Waals surface area contributed by atoms with E-state index in [4.69, 9.17) is 9.47 Å². The van der Waals surface area contributed by atoms with Crippen LogP contribution in [0.3, 0.4) is 0 Å². The van der Waals surface area contributed by atoms with Crippen molar-refractivity contribution in [3.63, 3.8) is 0 Å². The first-order chi connectivity index (χ1) is 14.0. The van der Waals surface area contributed by atoms with Crippen LogP contribution in [-0.2, 0) is 11.3 Å². The van der Waals surface area contributed by atoms with Crippen molar-refractivity contribution in [2.45, 2.75) is 20.5 Å². The van der Waals surface area contributed by atoms with Gasteiger partial charge in [0.1, 0.15) is 11.6 Å². The lowest BCUT2D eigenvalue weighted by molar-refractivity contribution is 0.0745. The fourth-order valence-electron chi connectivity index (χ4n) is 3.43. The molecule has 1 aliphatic rings. The van der Waals surface area contributed by atoms with Gasteiger partial charge in [0.05, 0.1) is 13.7 Å². The second-order valence-corrected chi connectivity index (χ2v) is 7.69. The van der Waals surface area contributed by atoms with Gasteiger partial charge in [0.2, 0.25) is 0 Å². The van der Waals surface area contributed by atoms with E-state index in [9.17, 15) is 9.18 Å². The molecule has 5 nitrogen and oxygen atoms in total. The zero-order valence-electron chi connectivity index (χ0n) is 17.4. The Bertz CT molecular complexity index is 815. The number of piperazine rings is 1. The predicted octanol–water partition coefficient (Wildman–Crippen LogP) is 3.97. The first kappa shape index (κ1) is 21.1. The maximum absolute atomic E-state index is 13.1. The standard InChI is InChI=1S/C23H29FN2O3/c1-17(2)15-29-16-19-14-18(4-9-22(19)28-3)23(27)26-12-10-25(11-13-26)21-7-5-20(24)6-8-21/h4-9,14,17H,10-13,15-16H2,1-3H3. The molecule has 0 radical (unpaired) electrons. The molecule has 2 aromatic rings. The van der Waals surface area contributed by atoms with Gasteiger partial charge in [0.15, 0.2) is 0 Å². The largest absolute Gasteiger partial charge is 0.496 e. The van der Waals surface area contributed by atoms with E-state index in [0.717, 1.165) is 30.1 Å². The van der Waals surface area contributed by atoms with E-state index in [0.29, 0.717) is 37.8 Å². The van der Waals surface area contributed by atoms with Crippen LogP contribution in [0.4, 0.5) is 10.1 Å². The summed E-state index contributed by atoms with van der Waals surface area (Å²) in [4.78, 5) is 17.0. The molecule has 6 heteroatoms. The number of carbonyl (C=O) groups excluding carboxylic acids is 1. The molecule has 1 amide bonds. The molecule has 0 saturated carbocycles. The summed E-state index contributed by atoms with van der Waals surface area (Å²) < 4.78 is 24.3. The first-order valence-corrected chi connectivity index (χ1v) is 10.0. The van der Waals surface area contributed by atoms with Gasteiger partial charge in [0, 0.05) is 49.6 Å². The monoisotopic (exact) mass is 400 g/mol. The Morgan fingerprint density at radius 1 is 1.07 bits per heavy atom. The van der Waals surface area contributed by atoms with Gasteiger partial charge in [-0.15, -0.1) is 0 Å². The van der Waals surface area contributed by atoms with Crippen LogP contribution < -0.4 is 9.64 Å². The maximum atomic E-state index is 13.1. The summed E-state index contributed by atoms with van der Waals surface area (Å²) in [6.45, 7) is 7.97. The molecule has 0 aliphatic carbocycles. The fraction of sp³-hybridized carbons (Fsp3) is 0.435. The van der Waals surface area contributed by atoms with Crippen molar-refractivity contribution < 1.29 is 18.7 Å². The SMILES string of the molecule is COc1ccc(C(=O)N2CCN(c3ccc(F)cc3)CC2)cc1COCC(C)C. The number of amides is 1. The Morgan fingerprint density at radius 2 is 1.76 bits per heavy atom. The van der Waals surface area contributed by atoms with Crippen molar-refractivity contribution >= 4 is 11.6 Å². The number of ether oxygens (including phenoxy) is 2. The van der Waals surface area contributed by atoms with Crippen LogP contribution in [0.1, 0.15) is 29.8 Å². The molecule has 1 aliphatic heterocycles. The van der Waals surface area contributed by atoms with Gasteiger partial charge in [-0.05, 0) is 48.4 Å². The molecule has 0 aromatic heterocycles. The molecular weight excluding hydrogens is 371 g/mol. The average Bonchev–Trinajstić information content (AvgIpc) is 2.73. The number of halogens is 1. The van der Waals surface area contributed by atoms with E-state index in [-0.39, 0.29) is 11.7 Å². The number of hydrogen-bond acceptors (Lipinski definition) is 4. The third-order valence-electron chi connectivity index (χ3n) is 4.99. The van der Waals surface area contributed by atoms with Gasteiger partial charge in [-0.3, -0.25) is 4.79 Å². The minimum atomic E-state index is -0.241. The number of anilines is 1. The highest BCUT2D eigenvalue weighted by molar-refractivity contribution is 5.94. The number of methoxy groups -OCH3 is 1. The van der Waals surface area contributed by atoms with Crippen LogP contribution in [0.2, 0.25) is 0 Å². The zero-order chi connectivity index (χ0) is 20.8. The highest BCUT2D eigenvalue weighted by Gasteiger charge is 2.23. The summed E-state index contributed by atoms with van der Waals surface area (Å²) in [6, 6.07) is 12.0. The minimum absolute atomic E-state index is 0.0107.